The van der Waals surface area contributed by atoms with E-state index in [1.165, 1.54) is 64.2 Å². The summed E-state index contributed by atoms with van der Waals surface area (Å²) in [5, 5.41) is 30.6. The fourth-order valence-electron chi connectivity index (χ4n) is 5.38. The van der Waals surface area contributed by atoms with Crippen molar-refractivity contribution in [1.82, 2.24) is 0 Å². The van der Waals surface area contributed by atoms with Crippen molar-refractivity contribution in [1.29, 1.82) is 0 Å². The van der Waals surface area contributed by atoms with E-state index >= 15 is 0 Å². The molecule has 1 aliphatic heterocycles. The number of hydrogen-bond acceptors (Lipinski definition) is 11. The van der Waals surface area contributed by atoms with Crippen LogP contribution in [0.4, 0.5) is 0 Å². The first-order valence-corrected chi connectivity index (χ1v) is 19.2. The Morgan fingerprint density at radius 1 is 0.652 bits per heavy atom. The van der Waals surface area contributed by atoms with Crippen molar-refractivity contribution in [2.24, 2.45) is 0 Å². The molecule has 12 nitrogen and oxygen atoms in total. The molecule has 0 aromatic heterocycles. The highest BCUT2D eigenvalue weighted by Gasteiger charge is 2.46. The van der Waals surface area contributed by atoms with Gasteiger partial charge in [-0.1, -0.05) is 117 Å². The van der Waals surface area contributed by atoms with Crippen LogP contribution >= 0.6 is 0 Å². The fourth-order valence-corrected chi connectivity index (χ4v) is 6.07. The van der Waals surface area contributed by atoms with Gasteiger partial charge in [0.25, 0.3) is 10.1 Å². The van der Waals surface area contributed by atoms with Crippen LogP contribution in [-0.2, 0) is 38.7 Å². The zero-order chi connectivity index (χ0) is 34.2. The third-order valence-corrected chi connectivity index (χ3v) is 8.94. The number of rotatable bonds is 28. The van der Waals surface area contributed by atoms with Crippen LogP contribution < -0.4 is 0 Å². The van der Waals surface area contributed by atoms with Crippen molar-refractivity contribution >= 4 is 22.1 Å². The number of aliphatic hydroxyl groups excluding tert-OH is 3. The van der Waals surface area contributed by atoms with E-state index in [0.29, 0.717) is 12.8 Å². The van der Waals surface area contributed by atoms with Crippen LogP contribution in [-0.4, -0.2) is 96.0 Å². The van der Waals surface area contributed by atoms with Gasteiger partial charge >= 0.3 is 11.9 Å². The average molecular weight is 683 g/mol. The summed E-state index contributed by atoms with van der Waals surface area (Å²) in [7, 11) is -4.59. The Morgan fingerprint density at radius 2 is 1.11 bits per heavy atom. The maximum absolute atomic E-state index is 12.6. The molecule has 1 rings (SSSR count). The summed E-state index contributed by atoms with van der Waals surface area (Å²) in [6.07, 6.45) is 10.5. The number of esters is 2. The Labute approximate surface area is 276 Å². The highest BCUT2D eigenvalue weighted by molar-refractivity contribution is 7.85. The molecule has 4 N–H and O–H groups in total. The predicted molar refractivity (Wildman–Crippen MR) is 174 cm³/mol. The standard InChI is InChI=1S/C33H62O12S/c1-3-5-7-9-11-13-14-16-18-20-22-29(35)44-26(23-42-28(34)21-19-17-15-12-10-8-6-4-2)24-43-33-32(38)31(37)30(36)27(45-33)25-46(39,40)41/h26-27,30-33,36-38H,3-25H2,1-2H3,(H,39,40,41)/t26-,27-,30-,31?,32?,33+/m1/s1. The second-order valence-electron chi connectivity index (χ2n) is 12.5. The molecule has 0 aromatic carbocycles. The average Bonchev–Trinajstić information content (AvgIpc) is 3.00. The number of ether oxygens (including phenoxy) is 4. The van der Waals surface area contributed by atoms with E-state index in [-0.39, 0.29) is 19.4 Å². The fraction of sp³-hybridized carbons (Fsp3) is 0.939. The number of hydrogen-bond donors (Lipinski definition) is 4. The highest BCUT2D eigenvalue weighted by Crippen LogP contribution is 2.24. The van der Waals surface area contributed by atoms with Gasteiger partial charge in [-0.3, -0.25) is 14.1 Å². The molecule has 0 radical (unpaired) electrons. The van der Waals surface area contributed by atoms with Gasteiger partial charge < -0.3 is 34.3 Å². The first-order valence-electron chi connectivity index (χ1n) is 17.6. The summed E-state index contributed by atoms with van der Waals surface area (Å²) in [5.74, 6) is -1.98. The molecule has 0 spiro atoms. The molecule has 6 atom stereocenters. The number of unbranched alkanes of at least 4 members (excludes halogenated alkanes) is 16. The molecule has 1 heterocycles. The van der Waals surface area contributed by atoms with Gasteiger partial charge in [-0.25, -0.2) is 0 Å². The van der Waals surface area contributed by atoms with Crippen molar-refractivity contribution in [3.63, 3.8) is 0 Å². The normalized spacial score (nSPS) is 22.4. The van der Waals surface area contributed by atoms with E-state index in [2.05, 4.69) is 13.8 Å². The molecular weight excluding hydrogens is 620 g/mol. The van der Waals surface area contributed by atoms with E-state index in [9.17, 15) is 33.3 Å². The molecule has 2 unspecified atom stereocenters. The molecular formula is C33H62O12S. The van der Waals surface area contributed by atoms with Gasteiger partial charge in [0, 0.05) is 12.8 Å². The first kappa shape index (κ1) is 42.7. The topological polar surface area (TPSA) is 186 Å². The Hall–Kier alpha value is -1.35. The van der Waals surface area contributed by atoms with E-state index in [1.54, 1.807) is 0 Å². The Balaban J connectivity index is 2.58. The Kier molecular flexibility index (Phi) is 23.8. The van der Waals surface area contributed by atoms with Gasteiger partial charge in [0.1, 0.15) is 36.8 Å². The second kappa shape index (κ2) is 25.6. The summed E-state index contributed by atoms with van der Waals surface area (Å²) in [4.78, 5) is 25.0. The van der Waals surface area contributed by atoms with E-state index in [4.69, 9.17) is 23.5 Å². The Morgan fingerprint density at radius 3 is 1.59 bits per heavy atom. The molecule has 0 aliphatic carbocycles. The molecule has 1 fully saturated rings. The first-order chi connectivity index (χ1) is 22.0. The van der Waals surface area contributed by atoms with Gasteiger partial charge in [-0.05, 0) is 12.8 Å². The lowest BCUT2D eigenvalue weighted by Crippen LogP contribution is -2.60. The van der Waals surface area contributed by atoms with E-state index < -0.39 is 71.2 Å². The van der Waals surface area contributed by atoms with Crippen molar-refractivity contribution in [3.05, 3.63) is 0 Å². The van der Waals surface area contributed by atoms with Crippen molar-refractivity contribution < 1.29 is 56.8 Å². The lowest BCUT2D eigenvalue weighted by Gasteiger charge is -2.40. The van der Waals surface area contributed by atoms with Gasteiger partial charge in [-0.15, -0.1) is 0 Å². The van der Waals surface area contributed by atoms with Gasteiger partial charge in [0.2, 0.25) is 0 Å². The van der Waals surface area contributed by atoms with Gasteiger partial charge in [0.15, 0.2) is 12.4 Å². The number of aliphatic hydroxyl groups is 3. The molecule has 13 heteroatoms. The third-order valence-electron chi connectivity index (χ3n) is 8.19. The number of carbonyl (C=O) groups excluding carboxylic acids is 2. The largest absolute Gasteiger partial charge is 0.462 e. The molecule has 0 amide bonds. The molecule has 1 saturated heterocycles. The zero-order valence-corrected chi connectivity index (χ0v) is 29.0. The second-order valence-corrected chi connectivity index (χ2v) is 14.0. The highest BCUT2D eigenvalue weighted by atomic mass is 32.2. The molecule has 0 saturated carbocycles. The van der Waals surface area contributed by atoms with Crippen LogP contribution in [0.15, 0.2) is 0 Å². The monoisotopic (exact) mass is 682 g/mol. The van der Waals surface area contributed by atoms with E-state index in [0.717, 1.165) is 38.5 Å². The summed E-state index contributed by atoms with van der Waals surface area (Å²) in [6.45, 7) is 3.66. The smallest absolute Gasteiger partial charge is 0.306 e. The summed E-state index contributed by atoms with van der Waals surface area (Å²) in [6, 6.07) is 0. The predicted octanol–water partition coefficient (Wildman–Crippen LogP) is 5.00. The van der Waals surface area contributed by atoms with Crippen molar-refractivity contribution in [2.45, 2.75) is 179 Å². The molecule has 0 aromatic rings. The van der Waals surface area contributed by atoms with Gasteiger partial charge in [-0.2, -0.15) is 8.42 Å². The van der Waals surface area contributed by atoms with Crippen molar-refractivity contribution in [3.8, 4) is 0 Å². The van der Waals surface area contributed by atoms with Crippen LogP contribution in [0.25, 0.3) is 0 Å². The Bertz CT molecular complexity index is 899. The quantitative estimate of drug-likeness (QED) is 0.0493. The summed E-state index contributed by atoms with van der Waals surface area (Å²) >= 11 is 0. The van der Waals surface area contributed by atoms with Crippen LogP contribution in [0.2, 0.25) is 0 Å². The maximum Gasteiger partial charge on any atom is 0.306 e. The van der Waals surface area contributed by atoms with Crippen LogP contribution in [0.3, 0.4) is 0 Å². The minimum Gasteiger partial charge on any atom is -0.462 e. The number of carbonyl (C=O) groups is 2. The molecule has 0 bridgehead atoms. The maximum atomic E-state index is 12.6. The van der Waals surface area contributed by atoms with Crippen LogP contribution in [0, 0.1) is 0 Å². The lowest BCUT2D eigenvalue weighted by atomic mass is 10.00. The van der Waals surface area contributed by atoms with E-state index in [1.807, 2.05) is 0 Å². The summed E-state index contributed by atoms with van der Waals surface area (Å²) in [5.41, 5.74) is 0. The minimum atomic E-state index is -4.59. The minimum absolute atomic E-state index is 0.170. The molecule has 1 aliphatic rings. The lowest BCUT2D eigenvalue weighted by molar-refractivity contribution is -0.297. The van der Waals surface area contributed by atoms with Gasteiger partial charge in [0.05, 0.1) is 6.61 Å². The van der Waals surface area contributed by atoms with Crippen LogP contribution in [0.5, 0.6) is 0 Å². The molecule has 46 heavy (non-hydrogen) atoms. The molecule has 272 valence electrons. The SMILES string of the molecule is CCCCCCCCCCCCC(=O)O[C@H](COC(=O)CCCCCCCCCC)CO[C@H]1O[C@H](CS(=O)(=O)O)[C@@H](O)C(O)C1O. The van der Waals surface area contributed by atoms with Crippen molar-refractivity contribution in [2.75, 3.05) is 19.0 Å². The summed E-state index contributed by atoms with van der Waals surface area (Å²) < 4.78 is 53.5. The zero-order valence-electron chi connectivity index (χ0n) is 28.2. The van der Waals surface area contributed by atoms with Crippen LogP contribution in [0.1, 0.15) is 142 Å². The third kappa shape index (κ3) is 20.8.